The molecule has 98 valence electrons. The van der Waals surface area contributed by atoms with Gasteiger partial charge in [-0.15, -0.1) is 0 Å². The number of piperidine rings is 1. The number of rotatable bonds is 5. The second kappa shape index (κ2) is 6.74. The Kier molecular flexibility index (Phi) is 5.29. The molecule has 0 bridgehead atoms. The van der Waals surface area contributed by atoms with Crippen molar-refractivity contribution in [2.45, 2.75) is 32.1 Å². The Hall–Kier alpha value is -0.0900. The van der Waals surface area contributed by atoms with Crippen LogP contribution in [0.25, 0.3) is 0 Å². The fraction of sp³-hybridized carbons (Fsp3) is 0.923. The van der Waals surface area contributed by atoms with Crippen LogP contribution in [-0.4, -0.2) is 53.8 Å². The van der Waals surface area contributed by atoms with Crippen molar-refractivity contribution < 1.29 is 4.79 Å². The van der Waals surface area contributed by atoms with Gasteiger partial charge in [-0.1, -0.05) is 22.4 Å². The van der Waals surface area contributed by atoms with Gasteiger partial charge in [0, 0.05) is 24.8 Å². The lowest BCUT2D eigenvalue weighted by atomic mass is 10.1. The third-order valence-electron chi connectivity index (χ3n) is 3.86. The van der Waals surface area contributed by atoms with E-state index < -0.39 is 0 Å². The standard InChI is InChI=1S/C13H23BrN2O/c14-10-12-9-13(17)16(11-12)8-4-7-15-5-2-1-3-6-15/h12H,1-11H2. The van der Waals surface area contributed by atoms with Crippen molar-refractivity contribution in [2.75, 3.05) is 38.1 Å². The minimum atomic E-state index is 0.355. The van der Waals surface area contributed by atoms with Crippen molar-refractivity contribution in [2.24, 2.45) is 5.92 Å². The van der Waals surface area contributed by atoms with Gasteiger partial charge in [0.2, 0.25) is 5.91 Å². The van der Waals surface area contributed by atoms with Gasteiger partial charge in [0.05, 0.1) is 0 Å². The average molecular weight is 303 g/mol. The second-order valence-corrected chi connectivity index (χ2v) is 5.97. The van der Waals surface area contributed by atoms with E-state index in [1.165, 1.54) is 38.9 Å². The zero-order valence-electron chi connectivity index (χ0n) is 10.5. The summed E-state index contributed by atoms with van der Waals surface area (Å²) in [5, 5.41) is 0.960. The van der Waals surface area contributed by atoms with Crippen LogP contribution in [0.5, 0.6) is 0 Å². The number of hydrogen-bond acceptors (Lipinski definition) is 2. The maximum atomic E-state index is 11.7. The van der Waals surface area contributed by atoms with Gasteiger partial charge >= 0.3 is 0 Å². The van der Waals surface area contributed by atoms with Crippen LogP contribution in [0.3, 0.4) is 0 Å². The SMILES string of the molecule is O=C1CC(CBr)CN1CCCN1CCCCC1. The zero-order chi connectivity index (χ0) is 12.1. The molecule has 2 rings (SSSR count). The van der Waals surface area contributed by atoms with Crippen LogP contribution >= 0.6 is 15.9 Å². The first-order chi connectivity index (χ1) is 8.29. The third-order valence-corrected chi connectivity index (χ3v) is 4.78. The number of likely N-dealkylation sites (tertiary alicyclic amines) is 2. The molecule has 2 heterocycles. The maximum absolute atomic E-state index is 11.7. The van der Waals surface area contributed by atoms with Crippen LogP contribution in [0.15, 0.2) is 0 Å². The Morgan fingerprint density at radius 2 is 1.94 bits per heavy atom. The first-order valence-electron chi connectivity index (χ1n) is 6.85. The summed E-state index contributed by atoms with van der Waals surface area (Å²) in [7, 11) is 0. The molecule has 0 N–H and O–H groups in total. The van der Waals surface area contributed by atoms with Gasteiger partial charge in [-0.25, -0.2) is 0 Å². The highest BCUT2D eigenvalue weighted by molar-refractivity contribution is 9.09. The molecule has 2 aliphatic heterocycles. The minimum absolute atomic E-state index is 0.355. The Morgan fingerprint density at radius 1 is 1.18 bits per heavy atom. The van der Waals surface area contributed by atoms with Crippen molar-refractivity contribution >= 4 is 21.8 Å². The molecule has 0 radical (unpaired) electrons. The highest BCUT2D eigenvalue weighted by Crippen LogP contribution is 2.19. The molecule has 17 heavy (non-hydrogen) atoms. The van der Waals surface area contributed by atoms with E-state index in [1.807, 2.05) is 0 Å². The Bertz CT molecular complexity index is 254. The Labute approximate surface area is 113 Å². The Balaban J connectivity index is 1.63. The molecule has 0 aromatic heterocycles. The van der Waals surface area contributed by atoms with Gasteiger partial charge in [-0.2, -0.15) is 0 Å². The van der Waals surface area contributed by atoms with Crippen LogP contribution in [-0.2, 0) is 4.79 Å². The molecule has 0 saturated carbocycles. The molecule has 1 unspecified atom stereocenters. The minimum Gasteiger partial charge on any atom is -0.342 e. The van der Waals surface area contributed by atoms with E-state index in [0.717, 1.165) is 31.3 Å². The van der Waals surface area contributed by atoms with Gasteiger partial charge in [0.15, 0.2) is 0 Å². The van der Waals surface area contributed by atoms with Crippen LogP contribution in [0, 0.1) is 5.92 Å². The van der Waals surface area contributed by atoms with Crippen molar-refractivity contribution in [3.8, 4) is 0 Å². The predicted molar refractivity (Wildman–Crippen MR) is 73.4 cm³/mol. The molecule has 2 saturated heterocycles. The molecule has 4 heteroatoms. The monoisotopic (exact) mass is 302 g/mol. The van der Waals surface area contributed by atoms with Crippen molar-refractivity contribution in [1.29, 1.82) is 0 Å². The van der Waals surface area contributed by atoms with Crippen LogP contribution in [0.2, 0.25) is 0 Å². The van der Waals surface area contributed by atoms with Crippen molar-refractivity contribution in [3.63, 3.8) is 0 Å². The summed E-state index contributed by atoms with van der Waals surface area (Å²) in [5.41, 5.74) is 0. The van der Waals surface area contributed by atoms with E-state index >= 15 is 0 Å². The first-order valence-corrected chi connectivity index (χ1v) is 7.98. The lowest BCUT2D eigenvalue weighted by Crippen LogP contribution is -2.34. The lowest BCUT2D eigenvalue weighted by molar-refractivity contribution is -0.127. The normalized spacial score (nSPS) is 26.8. The number of nitrogens with zero attached hydrogens (tertiary/aromatic N) is 2. The summed E-state index contributed by atoms with van der Waals surface area (Å²) in [5.74, 6) is 0.894. The second-order valence-electron chi connectivity index (χ2n) is 5.32. The van der Waals surface area contributed by atoms with Crippen molar-refractivity contribution in [3.05, 3.63) is 0 Å². The van der Waals surface area contributed by atoms with E-state index in [1.54, 1.807) is 0 Å². The molecule has 0 aromatic rings. The third kappa shape index (κ3) is 3.95. The summed E-state index contributed by atoms with van der Waals surface area (Å²) in [6.07, 6.45) is 5.99. The van der Waals surface area contributed by atoms with Gasteiger partial charge in [0.25, 0.3) is 0 Å². The Morgan fingerprint density at radius 3 is 2.59 bits per heavy atom. The van der Waals surface area contributed by atoms with E-state index in [0.29, 0.717) is 11.8 Å². The average Bonchev–Trinajstić information content (AvgIpc) is 2.72. The summed E-state index contributed by atoms with van der Waals surface area (Å²) in [6.45, 7) is 5.61. The number of carbonyl (C=O) groups excluding carboxylic acids is 1. The smallest absolute Gasteiger partial charge is 0.222 e. The van der Waals surface area contributed by atoms with E-state index in [-0.39, 0.29) is 0 Å². The van der Waals surface area contributed by atoms with Gasteiger partial charge in [0.1, 0.15) is 0 Å². The maximum Gasteiger partial charge on any atom is 0.222 e. The van der Waals surface area contributed by atoms with Crippen molar-refractivity contribution in [1.82, 2.24) is 9.80 Å². The molecular weight excluding hydrogens is 280 g/mol. The highest BCUT2D eigenvalue weighted by atomic mass is 79.9. The van der Waals surface area contributed by atoms with Crippen LogP contribution < -0.4 is 0 Å². The molecule has 2 aliphatic rings. The van der Waals surface area contributed by atoms with Crippen LogP contribution in [0.1, 0.15) is 32.1 Å². The first kappa shape index (κ1) is 13.3. The number of carbonyl (C=O) groups is 1. The number of halogens is 1. The molecular formula is C13H23BrN2O. The fourth-order valence-corrected chi connectivity index (χ4v) is 3.28. The van der Waals surface area contributed by atoms with Gasteiger partial charge in [-0.05, 0) is 44.8 Å². The van der Waals surface area contributed by atoms with E-state index in [9.17, 15) is 4.79 Å². The molecule has 1 amide bonds. The molecule has 3 nitrogen and oxygen atoms in total. The molecule has 0 aliphatic carbocycles. The molecule has 0 spiro atoms. The fourth-order valence-electron chi connectivity index (χ4n) is 2.84. The molecule has 0 aromatic carbocycles. The summed E-state index contributed by atoms with van der Waals surface area (Å²) in [4.78, 5) is 16.3. The number of hydrogen-bond donors (Lipinski definition) is 0. The topological polar surface area (TPSA) is 23.6 Å². The lowest BCUT2D eigenvalue weighted by Gasteiger charge is -2.27. The molecule has 1 atom stereocenters. The quantitative estimate of drug-likeness (QED) is 0.726. The summed E-state index contributed by atoms with van der Waals surface area (Å²) in [6, 6.07) is 0. The number of alkyl halides is 1. The van der Waals surface area contributed by atoms with Gasteiger partial charge in [-0.3, -0.25) is 4.79 Å². The molecule has 2 fully saturated rings. The highest BCUT2D eigenvalue weighted by Gasteiger charge is 2.28. The van der Waals surface area contributed by atoms with E-state index in [4.69, 9.17) is 0 Å². The summed E-state index contributed by atoms with van der Waals surface area (Å²) < 4.78 is 0. The van der Waals surface area contributed by atoms with Gasteiger partial charge < -0.3 is 9.80 Å². The van der Waals surface area contributed by atoms with Crippen LogP contribution in [0.4, 0.5) is 0 Å². The number of amides is 1. The van der Waals surface area contributed by atoms with E-state index in [2.05, 4.69) is 25.7 Å². The summed E-state index contributed by atoms with van der Waals surface area (Å²) >= 11 is 3.47. The predicted octanol–water partition coefficient (Wildman–Crippen LogP) is 2.11. The largest absolute Gasteiger partial charge is 0.342 e. The zero-order valence-corrected chi connectivity index (χ0v) is 12.1.